The van der Waals surface area contributed by atoms with E-state index in [1.54, 1.807) is 0 Å². The predicted octanol–water partition coefficient (Wildman–Crippen LogP) is 3.32. The number of unbranched alkanes of at least 4 members (excludes halogenated alkanes) is 1. The highest BCUT2D eigenvalue weighted by Crippen LogP contribution is 2.22. The van der Waals surface area contributed by atoms with Gasteiger partial charge in [-0.05, 0) is 43.4 Å². The van der Waals surface area contributed by atoms with Gasteiger partial charge in [0.05, 0.1) is 6.04 Å². The van der Waals surface area contributed by atoms with Crippen LogP contribution in [0.5, 0.6) is 0 Å². The Kier molecular flexibility index (Phi) is 6.18. The summed E-state index contributed by atoms with van der Waals surface area (Å²) < 4.78 is 13.1. The molecule has 2 N–H and O–H groups in total. The molecule has 1 aromatic carbocycles. The monoisotopic (exact) mass is 292 g/mol. The molecule has 0 spiro atoms. The minimum Gasteiger partial charge on any atom is -0.355 e. The van der Waals surface area contributed by atoms with Crippen LogP contribution in [-0.4, -0.2) is 18.5 Å². The average molecular weight is 292 g/mol. The Morgan fingerprint density at radius 2 is 2.10 bits per heavy atom. The third kappa shape index (κ3) is 4.81. The molecule has 1 saturated heterocycles. The summed E-state index contributed by atoms with van der Waals surface area (Å²) in [5.41, 5.74) is 1.06. The van der Waals surface area contributed by atoms with E-state index in [-0.39, 0.29) is 23.8 Å². The smallest absolute Gasteiger partial charge is 0.237 e. The number of hydrogen-bond donors (Lipinski definition) is 2. The van der Waals surface area contributed by atoms with Crippen molar-refractivity contribution in [3.8, 4) is 0 Å². The first kappa shape index (κ1) is 16.0. The van der Waals surface area contributed by atoms with E-state index in [0.29, 0.717) is 0 Å². The van der Waals surface area contributed by atoms with Crippen LogP contribution in [0.25, 0.3) is 0 Å². The van der Waals surface area contributed by atoms with Crippen LogP contribution in [0.4, 0.5) is 4.39 Å². The maximum atomic E-state index is 13.1. The van der Waals surface area contributed by atoms with Crippen molar-refractivity contribution in [2.24, 2.45) is 0 Å². The van der Waals surface area contributed by atoms with E-state index < -0.39 is 0 Å². The number of hydrogen-bond acceptors (Lipinski definition) is 2. The Bertz CT molecular complexity index is 447. The number of nitrogens with one attached hydrogen (secondary N) is 2. The molecule has 0 aromatic heterocycles. The molecule has 1 aliphatic heterocycles. The van der Waals surface area contributed by atoms with Crippen molar-refractivity contribution >= 4 is 5.91 Å². The molecule has 1 aliphatic rings. The van der Waals surface area contributed by atoms with Crippen molar-refractivity contribution in [1.82, 2.24) is 10.6 Å². The van der Waals surface area contributed by atoms with Crippen LogP contribution < -0.4 is 10.6 Å². The molecule has 3 nitrogen and oxygen atoms in total. The summed E-state index contributed by atoms with van der Waals surface area (Å²) >= 11 is 0. The minimum atomic E-state index is -0.222. The van der Waals surface area contributed by atoms with Gasteiger partial charge in [-0.3, -0.25) is 10.1 Å². The number of carbonyl (C=O) groups is 1. The Labute approximate surface area is 126 Å². The van der Waals surface area contributed by atoms with Gasteiger partial charge in [0.25, 0.3) is 0 Å². The molecule has 1 amide bonds. The normalized spacial score (nSPS) is 20.7. The fourth-order valence-corrected chi connectivity index (χ4v) is 2.79. The van der Waals surface area contributed by atoms with Gasteiger partial charge in [0.15, 0.2) is 0 Å². The molecule has 4 heteroatoms. The Morgan fingerprint density at radius 1 is 1.33 bits per heavy atom. The van der Waals surface area contributed by atoms with E-state index in [1.165, 1.54) is 12.1 Å². The van der Waals surface area contributed by atoms with Gasteiger partial charge < -0.3 is 5.32 Å². The zero-order valence-corrected chi connectivity index (χ0v) is 12.7. The first-order chi connectivity index (χ1) is 10.2. The third-order valence-corrected chi connectivity index (χ3v) is 4.06. The summed E-state index contributed by atoms with van der Waals surface area (Å²) in [5.74, 6) is -0.128. The Morgan fingerprint density at radius 3 is 2.81 bits per heavy atom. The highest BCUT2D eigenvalue weighted by atomic mass is 19.1. The quantitative estimate of drug-likeness (QED) is 0.844. The molecule has 1 aromatic rings. The summed E-state index contributed by atoms with van der Waals surface area (Å²) in [4.78, 5) is 12.1. The Balaban J connectivity index is 2.07. The molecule has 0 bridgehead atoms. The van der Waals surface area contributed by atoms with Crippen LogP contribution in [0.1, 0.15) is 57.1 Å². The summed E-state index contributed by atoms with van der Waals surface area (Å²) in [6, 6.07) is 6.58. The van der Waals surface area contributed by atoms with Crippen molar-refractivity contribution in [2.75, 3.05) is 6.54 Å². The van der Waals surface area contributed by atoms with Gasteiger partial charge in [0, 0.05) is 12.6 Å². The molecular formula is C17H25FN2O. The standard InChI is InChI=1S/C17H25FN2O/c1-2-3-6-15(13-8-10-14(18)11-9-13)20-16-7-4-5-12-19-17(16)21/h8-11,15-16,20H,2-7,12H2,1H3,(H,19,21). The Hall–Kier alpha value is -1.42. The lowest BCUT2D eigenvalue weighted by Gasteiger charge is -2.24. The number of halogens is 1. The summed E-state index contributed by atoms with van der Waals surface area (Å²) in [6.07, 6.45) is 6.13. The number of amides is 1. The van der Waals surface area contributed by atoms with E-state index in [0.717, 1.165) is 50.6 Å². The molecule has 1 fully saturated rings. The largest absolute Gasteiger partial charge is 0.355 e. The number of rotatable bonds is 6. The van der Waals surface area contributed by atoms with Crippen molar-refractivity contribution in [3.63, 3.8) is 0 Å². The fourth-order valence-electron chi connectivity index (χ4n) is 2.79. The highest BCUT2D eigenvalue weighted by Gasteiger charge is 2.24. The van der Waals surface area contributed by atoms with Gasteiger partial charge in [0.1, 0.15) is 5.82 Å². The molecule has 2 atom stereocenters. The summed E-state index contributed by atoms with van der Waals surface area (Å²) in [7, 11) is 0. The molecule has 0 radical (unpaired) electrons. The van der Waals surface area contributed by atoms with Gasteiger partial charge in [-0.25, -0.2) is 4.39 Å². The summed E-state index contributed by atoms with van der Waals surface area (Å²) in [6.45, 7) is 2.92. The van der Waals surface area contributed by atoms with E-state index >= 15 is 0 Å². The number of carbonyl (C=O) groups excluding carboxylic acids is 1. The lowest BCUT2D eigenvalue weighted by Crippen LogP contribution is -2.44. The molecule has 0 aliphatic carbocycles. The third-order valence-electron chi connectivity index (χ3n) is 4.06. The van der Waals surface area contributed by atoms with E-state index in [1.807, 2.05) is 12.1 Å². The molecule has 21 heavy (non-hydrogen) atoms. The SMILES string of the molecule is CCCCC(NC1CCCCNC1=O)c1ccc(F)cc1. The second-order valence-corrected chi connectivity index (χ2v) is 5.75. The van der Waals surface area contributed by atoms with Crippen molar-refractivity contribution in [3.05, 3.63) is 35.6 Å². The van der Waals surface area contributed by atoms with Crippen LogP contribution in [0.3, 0.4) is 0 Å². The first-order valence-corrected chi connectivity index (χ1v) is 8.00. The topological polar surface area (TPSA) is 41.1 Å². The maximum Gasteiger partial charge on any atom is 0.237 e. The van der Waals surface area contributed by atoms with Crippen molar-refractivity contribution in [1.29, 1.82) is 0 Å². The second kappa shape index (κ2) is 8.13. The van der Waals surface area contributed by atoms with Crippen LogP contribution in [0.2, 0.25) is 0 Å². The van der Waals surface area contributed by atoms with Gasteiger partial charge in [-0.15, -0.1) is 0 Å². The van der Waals surface area contributed by atoms with Crippen LogP contribution >= 0.6 is 0 Å². The van der Waals surface area contributed by atoms with E-state index in [9.17, 15) is 9.18 Å². The van der Waals surface area contributed by atoms with E-state index in [4.69, 9.17) is 0 Å². The maximum absolute atomic E-state index is 13.1. The van der Waals surface area contributed by atoms with Crippen molar-refractivity contribution < 1.29 is 9.18 Å². The van der Waals surface area contributed by atoms with Crippen LogP contribution in [-0.2, 0) is 4.79 Å². The van der Waals surface area contributed by atoms with E-state index in [2.05, 4.69) is 17.6 Å². The molecule has 2 unspecified atom stereocenters. The molecule has 116 valence electrons. The van der Waals surface area contributed by atoms with Crippen LogP contribution in [0.15, 0.2) is 24.3 Å². The van der Waals surface area contributed by atoms with Gasteiger partial charge in [-0.1, -0.05) is 31.9 Å². The average Bonchev–Trinajstić information content (AvgIpc) is 2.69. The van der Waals surface area contributed by atoms with Crippen LogP contribution in [0, 0.1) is 5.82 Å². The zero-order valence-electron chi connectivity index (χ0n) is 12.7. The fraction of sp³-hybridized carbons (Fsp3) is 0.588. The van der Waals surface area contributed by atoms with Gasteiger partial charge in [-0.2, -0.15) is 0 Å². The highest BCUT2D eigenvalue weighted by molar-refractivity contribution is 5.81. The molecule has 1 heterocycles. The van der Waals surface area contributed by atoms with Gasteiger partial charge in [0.2, 0.25) is 5.91 Å². The zero-order chi connectivity index (χ0) is 15.1. The lowest BCUT2D eigenvalue weighted by atomic mass is 9.99. The first-order valence-electron chi connectivity index (χ1n) is 8.00. The molecule has 2 rings (SSSR count). The minimum absolute atomic E-state index is 0.0936. The second-order valence-electron chi connectivity index (χ2n) is 5.75. The molecular weight excluding hydrogens is 267 g/mol. The lowest BCUT2D eigenvalue weighted by molar-refractivity contribution is -0.123. The van der Waals surface area contributed by atoms with Gasteiger partial charge >= 0.3 is 0 Å². The van der Waals surface area contributed by atoms with Crippen molar-refractivity contribution in [2.45, 2.75) is 57.5 Å². The number of benzene rings is 1. The predicted molar refractivity (Wildman–Crippen MR) is 82.5 cm³/mol. The molecule has 0 saturated carbocycles. The summed E-state index contributed by atoms with van der Waals surface area (Å²) in [5, 5.41) is 6.44.